The van der Waals surface area contributed by atoms with Crippen LogP contribution in [0.3, 0.4) is 0 Å². The molecule has 0 aromatic heterocycles. The van der Waals surface area contributed by atoms with Gasteiger partial charge in [-0.15, -0.1) is 0 Å². The quantitative estimate of drug-likeness (QED) is 0.686. The molecule has 1 spiro atoms. The average molecular weight is 421 g/mol. The van der Waals surface area contributed by atoms with Gasteiger partial charge in [-0.25, -0.2) is 0 Å². The molecule has 5 rings (SSSR count). The van der Waals surface area contributed by atoms with Crippen molar-refractivity contribution in [1.29, 1.82) is 5.26 Å². The minimum Gasteiger partial charge on any atom is -0.399 e. The molecule has 5 atom stereocenters. The molecule has 4 aliphatic rings. The molecular formula is C20H18F3N3O4. The van der Waals surface area contributed by atoms with Gasteiger partial charge >= 0.3 is 6.18 Å². The van der Waals surface area contributed by atoms with Gasteiger partial charge in [0.2, 0.25) is 5.91 Å². The number of alkyl halides is 3. The zero-order chi connectivity index (χ0) is 21.5. The molecule has 158 valence electrons. The van der Waals surface area contributed by atoms with Gasteiger partial charge in [0.15, 0.2) is 0 Å². The number of benzene rings is 1. The summed E-state index contributed by atoms with van der Waals surface area (Å²) in [6, 6.07) is 4.84. The van der Waals surface area contributed by atoms with E-state index >= 15 is 0 Å². The van der Waals surface area contributed by atoms with E-state index < -0.39 is 46.6 Å². The van der Waals surface area contributed by atoms with Crippen LogP contribution in [0.1, 0.15) is 30.9 Å². The summed E-state index contributed by atoms with van der Waals surface area (Å²) in [6.45, 7) is 2.09. The van der Waals surface area contributed by atoms with Gasteiger partial charge in [0.25, 0.3) is 0 Å². The molecule has 7 nitrogen and oxygen atoms in total. The first kappa shape index (κ1) is 19.3. The first-order chi connectivity index (χ1) is 14.2. The van der Waals surface area contributed by atoms with Crippen LogP contribution in [0.4, 0.5) is 18.9 Å². The van der Waals surface area contributed by atoms with Crippen LogP contribution in [0.2, 0.25) is 0 Å². The molecule has 4 fully saturated rings. The van der Waals surface area contributed by atoms with Crippen LogP contribution in [-0.2, 0) is 25.3 Å². The van der Waals surface area contributed by atoms with Crippen LogP contribution < -0.4 is 4.90 Å². The van der Waals surface area contributed by atoms with Gasteiger partial charge in [0, 0.05) is 18.5 Å². The smallest absolute Gasteiger partial charge is 0.399 e. The standard InChI is InChI=1S/C20H18F3N3O4/c1-18-8-13(25-28-2)19(30-18)5-6-29-17-15(19)14(18)16(27)26(17)11-4-3-10(9-24)12(7-11)20(21,22)23/h3-4,7,14-15,17H,5-6,8H2,1-2H3/b25-13-/t14-,15+,17+,18-,19+/m1/s1. The van der Waals surface area contributed by atoms with Gasteiger partial charge in [-0.05, 0) is 25.1 Å². The Kier molecular flexibility index (Phi) is 3.84. The van der Waals surface area contributed by atoms with Crippen molar-refractivity contribution < 1.29 is 32.3 Å². The number of carbonyl (C=O) groups excluding carboxylic acids is 1. The number of carbonyl (C=O) groups is 1. The second-order valence-electron chi connectivity index (χ2n) is 8.26. The van der Waals surface area contributed by atoms with Crippen molar-refractivity contribution in [2.45, 2.75) is 43.4 Å². The molecule has 4 heterocycles. The highest BCUT2D eigenvalue weighted by Gasteiger charge is 2.77. The zero-order valence-electron chi connectivity index (χ0n) is 16.2. The Labute approximate surface area is 170 Å². The molecule has 0 N–H and O–H groups in total. The summed E-state index contributed by atoms with van der Waals surface area (Å²) in [5.74, 6) is -1.31. The number of anilines is 1. The van der Waals surface area contributed by atoms with Gasteiger partial charge in [-0.2, -0.15) is 18.4 Å². The first-order valence-electron chi connectivity index (χ1n) is 9.53. The summed E-state index contributed by atoms with van der Waals surface area (Å²) in [7, 11) is 1.44. The highest BCUT2D eigenvalue weighted by Crippen LogP contribution is 2.64. The van der Waals surface area contributed by atoms with Crippen molar-refractivity contribution in [2.24, 2.45) is 17.0 Å². The minimum absolute atomic E-state index is 0.0519. The molecule has 30 heavy (non-hydrogen) atoms. The monoisotopic (exact) mass is 421 g/mol. The molecule has 4 aliphatic heterocycles. The molecule has 0 saturated carbocycles. The highest BCUT2D eigenvalue weighted by atomic mass is 19.4. The zero-order valence-corrected chi connectivity index (χ0v) is 16.2. The molecule has 1 aromatic rings. The third-order valence-electron chi connectivity index (χ3n) is 6.71. The maximum Gasteiger partial charge on any atom is 0.417 e. The fourth-order valence-corrected chi connectivity index (χ4v) is 5.70. The topological polar surface area (TPSA) is 84.2 Å². The van der Waals surface area contributed by atoms with Crippen molar-refractivity contribution in [1.82, 2.24) is 0 Å². The van der Waals surface area contributed by atoms with Crippen molar-refractivity contribution in [3.63, 3.8) is 0 Å². The number of hydrogen-bond donors (Lipinski definition) is 0. The van der Waals surface area contributed by atoms with E-state index in [-0.39, 0.29) is 18.2 Å². The first-order valence-corrected chi connectivity index (χ1v) is 9.53. The van der Waals surface area contributed by atoms with Crippen molar-refractivity contribution >= 4 is 17.3 Å². The van der Waals surface area contributed by atoms with E-state index in [0.717, 1.165) is 12.1 Å². The minimum atomic E-state index is -4.72. The van der Waals surface area contributed by atoms with Crippen LogP contribution in [-0.4, -0.2) is 42.8 Å². The fourth-order valence-electron chi connectivity index (χ4n) is 5.70. The lowest BCUT2D eigenvalue weighted by molar-refractivity contribution is -0.138. The Bertz CT molecular complexity index is 1020. The number of amides is 1. The van der Waals surface area contributed by atoms with Crippen LogP contribution in [0.5, 0.6) is 0 Å². The Morgan fingerprint density at radius 2 is 2.17 bits per heavy atom. The fraction of sp³-hybridized carbons (Fsp3) is 0.550. The largest absolute Gasteiger partial charge is 0.417 e. The maximum absolute atomic E-state index is 13.5. The Morgan fingerprint density at radius 3 is 2.83 bits per heavy atom. The van der Waals surface area contributed by atoms with E-state index in [2.05, 4.69) is 5.16 Å². The van der Waals surface area contributed by atoms with Gasteiger partial charge in [0.1, 0.15) is 18.9 Å². The number of nitriles is 1. The summed E-state index contributed by atoms with van der Waals surface area (Å²) in [5.41, 5.74) is -2.49. The van der Waals surface area contributed by atoms with E-state index in [1.165, 1.54) is 18.1 Å². The Morgan fingerprint density at radius 1 is 1.40 bits per heavy atom. The van der Waals surface area contributed by atoms with Gasteiger partial charge in [0.05, 0.1) is 47.0 Å². The van der Waals surface area contributed by atoms with Crippen molar-refractivity contribution in [2.75, 3.05) is 18.6 Å². The number of fused-ring (bicyclic) bond motifs is 2. The summed E-state index contributed by atoms with van der Waals surface area (Å²) < 4.78 is 52.7. The van der Waals surface area contributed by atoms with Crippen LogP contribution in [0.15, 0.2) is 23.4 Å². The number of ether oxygens (including phenoxy) is 2. The average Bonchev–Trinajstić information content (AvgIpc) is 3.25. The van der Waals surface area contributed by atoms with Gasteiger partial charge in [-0.1, -0.05) is 5.16 Å². The third kappa shape index (κ3) is 2.27. The van der Waals surface area contributed by atoms with Crippen LogP contribution >= 0.6 is 0 Å². The van der Waals surface area contributed by atoms with E-state index in [0.29, 0.717) is 18.6 Å². The summed E-state index contributed by atoms with van der Waals surface area (Å²) >= 11 is 0. The lowest BCUT2D eigenvalue weighted by atomic mass is 9.65. The van der Waals surface area contributed by atoms with E-state index in [1.54, 1.807) is 6.07 Å². The number of halogens is 3. The van der Waals surface area contributed by atoms with Crippen LogP contribution in [0.25, 0.3) is 0 Å². The third-order valence-corrected chi connectivity index (χ3v) is 6.71. The SMILES string of the molecule is CO/N=C1/C[C@@]2(C)O[C@@]13CCO[C@H]1[C@@H]3[C@@H]2C(=O)N1c1ccc(C#N)c(C(F)(F)F)c1. The van der Waals surface area contributed by atoms with Gasteiger partial charge < -0.3 is 14.3 Å². The summed E-state index contributed by atoms with van der Waals surface area (Å²) in [4.78, 5) is 19.7. The molecule has 4 saturated heterocycles. The van der Waals surface area contributed by atoms with E-state index in [9.17, 15) is 18.0 Å². The molecule has 10 heteroatoms. The maximum atomic E-state index is 13.5. The highest BCUT2D eigenvalue weighted by molar-refractivity contribution is 6.06. The lowest BCUT2D eigenvalue weighted by Crippen LogP contribution is -2.55. The lowest BCUT2D eigenvalue weighted by Gasteiger charge is -2.41. The number of hydrogen-bond acceptors (Lipinski definition) is 6. The van der Waals surface area contributed by atoms with E-state index in [1.807, 2.05) is 6.92 Å². The summed E-state index contributed by atoms with van der Waals surface area (Å²) in [5, 5.41) is 13.2. The predicted octanol–water partition coefficient (Wildman–Crippen LogP) is 2.84. The molecule has 0 unspecified atom stereocenters. The van der Waals surface area contributed by atoms with Crippen LogP contribution in [0, 0.1) is 23.2 Å². The number of rotatable bonds is 2. The molecule has 1 amide bonds. The summed E-state index contributed by atoms with van der Waals surface area (Å²) in [6.07, 6.45) is -4.60. The normalized spacial score (nSPS) is 38.1. The molecule has 2 bridgehead atoms. The Hall–Kier alpha value is -2.64. The number of nitrogens with zero attached hydrogens (tertiary/aromatic N) is 3. The predicted molar refractivity (Wildman–Crippen MR) is 96.3 cm³/mol. The second-order valence-corrected chi connectivity index (χ2v) is 8.26. The Balaban J connectivity index is 1.62. The second kappa shape index (κ2) is 5.95. The molecule has 1 aromatic carbocycles. The number of oxime groups is 1. The van der Waals surface area contributed by atoms with E-state index in [4.69, 9.17) is 19.6 Å². The van der Waals surface area contributed by atoms with Gasteiger partial charge in [-0.3, -0.25) is 9.69 Å². The molecule has 0 aliphatic carbocycles. The molecule has 0 radical (unpaired) electrons. The van der Waals surface area contributed by atoms with Crippen molar-refractivity contribution in [3.8, 4) is 6.07 Å². The molecular weight excluding hydrogens is 403 g/mol. The van der Waals surface area contributed by atoms with Crippen molar-refractivity contribution in [3.05, 3.63) is 29.3 Å².